The fourth-order valence-corrected chi connectivity index (χ4v) is 2.74. The maximum Gasteiger partial charge on any atom is 0.416 e. The first kappa shape index (κ1) is 18.7. The van der Waals surface area contributed by atoms with Crippen LogP contribution in [0.1, 0.15) is 27.0 Å². The minimum Gasteiger partial charge on any atom is -0.337 e. The van der Waals surface area contributed by atoms with Crippen LogP contribution in [0.4, 0.5) is 13.2 Å². The first-order chi connectivity index (χ1) is 12.8. The molecule has 3 aromatic rings. The van der Waals surface area contributed by atoms with Gasteiger partial charge in [-0.2, -0.15) is 18.3 Å². The number of nitrogens with zero attached hydrogens (tertiary/aromatic N) is 3. The van der Waals surface area contributed by atoms with E-state index in [2.05, 4.69) is 5.10 Å². The van der Waals surface area contributed by atoms with E-state index in [1.165, 1.54) is 17.0 Å². The summed E-state index contributed by atoms with van der Waals surface area (Å²) in [4.78, 5) is 13.8. The first-order valence-electron chi connectivity index (χ1n) is 8.31. The summed E-state index contributed by atoms with van der Waals surface area (Å²) in [7, 11) is 1.55. The molecule has 0 atom stereocenters. The van der Waals surface area contributed by atoms with Crippen molar-refractivity contribution in [3.8, 4) is 0 Å². The van der Waals surface area contributed by atoms with Crippen LogP contribution in [-0.2, 0) is 19.3 Å². The molecule has 0 aliphatic heterocycles. The van der Waals surface area contributed by atoms with Gasteiger partial charge in [-0.25, -0.2) is 0 Å². The number of aromatic nitrogens is 2. The summed E-state index contributed by atoms with van der Waals surface area (Å²) in [6.45, 7) is 0.857. The summed E-state index contributed by atoms with van der Waals surface area (Å²) in [6, 6.07) is 14.3. The Bertz CT molecular complexity index is 919. The van der Waals surface area contributed by atoms with Crippen LogP contribution >= 0.6 is 0 Å². The van der Waals surface area contributed by atoms with Crippen molar-refractivity contribution < 1.29 is 18.0 Å². The number of carbonyl (C=O) groups excluding carboxylic acids is 1. The number of amides is 1. The number of halogens is 3. The van der Waals surface area contributed by atoms with Gasteiger partial charge in [-0.15, -0.1) is 0 Å². The molecule has 140 valence electrons. The molecule has 0 aliphatic rings. The monoisotopic (exact) mass is 373 g/mol. The van der Waals surface area contributed by atoms with Gasteiger partial charge >= 0.3 is 6.18 Å². The number of alkyl halides is 3. The largest absolute Gasteiger partial charge is 0.416 e. The maximum absolute atomic E-state index is 12.8. The van der Waals surface area contributed by atoms with Crippen LogP contribution in [0.25, 0.3) is 0 Å². The SMILES string of the molecule is CN(Cc1cnn(Cc2ccccc2)c1)C(=O)c1cccc(C(F)(F)F)c1. The summed E-state index contributed by atoms with van der Waals surface area (Å²) < 4.78 is 40.2. The lowest BCUT2D eigenvalue weighted by Crippen LogP contribution is -2.26. The predicted octanol–water partition coefficient (Wildman–Crippen LogP) is 4.22. The fourth-order valence-electron chi connectivity index (χ4n) is 2.74. The zero-order chi connectivity index (χ0) is 19.4. The Morgan fingerprint density at radius 1 is 1.07 bits per heavy atom. The molecule has 0 saturated carbocycles. The smallest absolute Gasteiger partial charge is 0.337 e. The van der Waals surface area contributed by atoms with Crippen molar-refractivity contribution in [2.75, 3.05) is 7.05 Å². The number of benzene rings is 2. The molecule has 3 rings (SSSR count). The number of carbonyl (C=O) groups is 1. The van der Waals surface area contributed by atoms with Crippen LogP contribution in [0.5, 0.6) is 0 Å². The van der Waals surface area contributed by atoms with E-state index in [0.717, 1.165) is 23.3 Å². The average Bonchev–Trinajstić information content (AvgIpc) is 3.08. The van der Waals surface area contributed by atoms with E-state index in [1.54, 1.807) is 17.9 Å². The van der Waals surface area contributed by atoms with Crippen molar-refractivity contribution >= 4 is 5.91 Å². The van der Waals surface area contributed by atoms with Crippen LogP contribution in [0.15, 0.2) is 67.0 Å². The lowest BCUT2D eigenvalue weighted by molar-refractivity contribution is -0.137. The predicted molar refractivity (Wildman–Crippen MR) is 95.0 cm³/mol. The van der Waals surface area contributed by atoms with Gasteiger partial charge in [-0.05, 0) is 23.8 Å². The van der Waals surface area contributed by atoms with Crippen molar-refractivity contribution in [1.29, 1.82) is 0 Å². The molecule has 27 heavy (non-hydrogen) atoms. The van der Waals surface area contributed by atoms with Gasteiger partial charge in [0.1, 0.15) is 0 Å². The molecule has 4 nitrogen and oxygen atoms in total. The average molecular weight is 373 g/mol. The Labute approximate surface area is 154 Å². The Balaban J connectivity index is 1.67. The molecule has 1 amide bonds. The normalized spacial score (nSPS) is 11.4. The van der Waals surface area contributed by atoms with Crippen LogP contribution in [0.3, 0.4) is 0 Å². The molecular weight excluding hydrogens is 355 g/mol. The molecule has 0 bridgehead atoms. The molecule has 0 spiro atoms. The van der Waals surface area contributed by atoms with Gasteiger partial charge in [0.15, 0.2) is 0 Å². The lowest BCUT2D eigenvalue weighted by Gasteiger charge is -2.17. The highest BCUT2D eigenvalue weighted by Gasteiger charge is 2.31. The van der Waals surface area contributed by atoms with Crippen LogP contribution in [0, 0.1) is 0 Å². The number of hydrogen-bond donors (Lipinski definition) is 0. The summed E-state index contributed by atoms with van der Waals surface area (Å²) >= 11 is 0. The Hall–Kier alpha value is -3.09. The van der Waals surface area contributed by atoms with E-state index < -0.39 is 17.6 Å². The number of hydrogen-bond acceptors (Lipinski definition) is 2. The Kier molecular flexibility index (Phi) is 5.30. The van der Waals surface area contributed by atoms with Crippen molar-refractivity contribution in [3.63, 3.8) is 0 Å². The van der Waals surface area contributed by atoms with E-state index >= 15 is 0 Å². The summed E-state index contributed by atoms with van der Waals surface area (Å²) in [5.74, 6) is -0.475. The second-order valence-corrected chi connectivity index (χ2v) is 6.27. The quantitative estimate of drug-likeness (QED) is 0.672. The van der Waals surface area contributed by atoms with E-state index in [0.29, 0.717) is 6.54 Å². The van der Waals surface area contributed by atoms with Gasteiger partial charge < -0.3 is 4.90 Å². The van der Waals surface area contributed by atoms with Crippen LogP contribution in [0.2, 0.25) is 0 Å². The zero-order valence-electron chi connectivity index (χ0n) is 14.6. The molecule has 0 radical (unpaired) electrons. The molecule has 0 aliphatic carbocycles. The molecule has 2 aromatic carbocycles. The van der Waals surface area contributed by atoms with E-state index in [4.69, 9.17) is 0 Å². The molecule has 0 saturated heterocycles. The minimum atomic E-state index is -4.48. The van der Waals surface area contributed by atoms with Gasteiger partial charge in [-0.3, -0.25) is 9.48 Å². The summed E-state index contributed by atoms with van der Waals surface area (Å²) in [6.07, 6.45) is -1.00. The third-order valence-electron chi connectivity index (χ3n) is 4.08. The van der Waals surface area contributed by atoms with Crippen molar-refractivity contribution in [1.82, 2.24) is 14.7 Å². The van der Waals surface area contributed by atoms with Crippen LogP contribution < -0.4 is 0 Å². The third-order valence-corrected chi connectivity index (χ3v) is 4.08. The van der Waals surface area contributed by atoms with Gasteiger partial charge in [0.2, 0.25) is 0 Å². The molecule has 7 heteroatoms. The zero-order valence-corrected chi connectivity index (χ0v) is 14.6. The fraction of sp³-hybridized carbons (Fsp3) is 0.200. The number of rotatable bonds is 5. The second kappa shape index (κ2) is 7.65. The van der Waals surface area contributed by atoms with E-state index in [1.807, 2.05) is 36.5 Å². The summed E-state index contributed by atoms with van der Waals surface area (Å²) in [5.41, 5.74) is 1.07. The first-order valence-corrected chi connectivity index (χ1v) is 8.31. The molecular formula is C20H18F3N3O. The Morgan fingerprint density at radius 2 is 1.81 bits per heavy atom. The topological polar surface area (TPSA) is 38.1 Å². The van der Waals surface area contributed by atoms with Crippen molar-refractivity contribution in [2.45, 2.75) is 19.3 Å². The van der Waals surface area contributed by atoms with E-state index in [9.17, 15) is 18.0 Å². The van der Waals surface area contributed by atoms with Gasteiger partial charge in [0, 0.05) is 30.9 Å². The lowest BCUT2D eigenvalue weighted by atomic mass is 10.1. The van der Waals surface area contributed by atoms with Crippen molar-refractivity contribution in [3.05, 3.63) is 89.2 Å². The van der Waals surface area contributed by atoms with Crippen molar-refractivity contribution in [2.24, 2.45) is 0 Å². The molecule has 0 fully saturated rings. The highest BCUT2D eigenvalue weighted by Crippen LogP contribution is 2.29. The molecule has 0 unspecified atom stereocenters. The maximum atomic E-state index is 12.8. The Morgan fingerprint density at radius 3 is 2.52 bits per heavy atom. The van der Waals surface area contributed by atoms with E-state index in [-0.39, 0.29) is 12.1 Å². The molecule has 1 heterocycles. The highest BCUT2D eigenvalue weighted by molar-refractivity contribution is 5.94. The standard InChI is InChI=1S/C20H18F3N3O/c1-25(19(27)17-8-5-9-18(10-17)20(21,22)23)12-16-11-24-26(14-16)13-15-6-3-2-4-7-15/h2-11,14H,12-13H2,1H3. The van der Waals surface area contributed by atoms with Crippen LogP contribution in [-0.4, -0.2) is 27.6 Å². The van der Waals surface area contributed by atoms with Gasteiger partial charge in [0.05, 0.1) is 18.3 Å². The second-order valence-electron chi connectivity index (χ2n) is 6.27. The minimum absolute atomic E-state index is 0.00371. The molecule has 1 aromatic heterocycles. The van der Waals surface area contributed by atoms with Gasteiger partial charge in [0.25, 0.3) is 5.91 Å². The third kappa shape index (κ3) is 4.75. The molecule has 0 N–H and O–H groups in total. The summed E-state index contributed by atoms with van der Waals surface area (Å²) in [5, 5.41) is 4.27. The van der Waals surface area contributed by atoms with Gasteiger partial charge in [-0.1, -0.05) is 36.4 Å². The highest BCUT2D eigenvalue weighted by atomic mass is 19.4.